The molecule has 104 valence electrons. The average Bonchev–Trinajstić information content (AvgIpc) is 2.47. The Hall–Kier alpha value is -1.04. The minimum absolute atomic E-state index is 0.199. The van der Waals surface area contributed by atoms with Crippen LogP contribution >= 0.6 is 28.1 Å². The molecule has 0 bridgehead atoms. The molecule has 0 aromatic heterocycles. The molecule has 0 aliphatic carbocycles. The van der Waals surface area contributed by atoms with E-state index in [1.807, 2.05) is 34.6 Å². The zero-order valence-electron chi connectivity index (χ0n) is 10.8. The van der Waals surface area contributed by atoms with Gasteiger partial charge in [0.2, 0.25) is 0 Å². The second kappa shape index (κ2) is 6.16. The molecule has 20 heavy (non-hydrogen) atoms. The lowest BCUT2D eigenvalue weighted by molar-refractivity contribution is 0.492. The maximum Gasteiger partial charge on any atom is 0.147 e. The first-order chi connectivity index (χ1) is 9.79. The summed E-state index contributed by atoms with van der Waals surface area (Å²) < 4.78 is 18.3. The molecule has 0 amide bonds. The summed E-state index contributed by atoms with van der Waals surface area (Å²) in [6.07, 6.45) is 0. The molecular weight excluding hydrogens is 339 g/mol. The van der Waals surface area contributed by atoms with Crippen LogP contribution < -0.4 is 4.31 Å². The lowest BCUT2D eigenvalue weighted by atomic mass is 10.1. The van der Waals surface area contributed by atoms with E-state index in [4.69, 9.17) is 0 Å². The number of halogens is 2. The Morgan fingerprint density at radius 2 is 1.75 bits per heavy atom. The summed E-state index contributed by atoms with van der Waals surface area (Å²) in [5.41, 5.74) is 2.88. The van der Waals surface area contributed by atoms with Crippen molar-refractivity contribution < 1.29 is 4.39 Å². The third-order valence-electron chi connectivity index (χ3n) is 3.16. The van der Waals surface area contributed by atoms with Crippen molar-refractivity contribution in [1.29, 1.82) is 0 Å². The molecule has 2 aromatic rings. The number of alkyl halides is 1. The van der Waals surface area contributed by atoms with Crippen LogP contribution in [0.3, 0.4) is 0 Å². The molecule has 1 heterocycles. The van der Waals surface area contributed by atoms with Gasteiger partial charge in [0.05, 0.1) is 11.4 Å². The molecule has 0 spiro atoms. The first-order valence-electron chi connectivity index (χ1n) is 6.41. The molecule has 1 aliphatic heterocycles. The lowest BCUT2D eigenvalue weighted by Crippen LogP contribution is -2.29. The molecule has 0 N–H and O–H groups in total. The highest BCUT2D eigenvalue weighted by Gasteiger charge is 2.25. The van der Waals surface area contributed by atoms with Crippen molar-refractivity contribution in [3.8, 4) is 0 Å². The summed E-state index contributed by atoms with van der Waals surface area (Å²) in [5.74, 6) is -0.199. The Morgan fingerprint density at radius 3 is 2.50 bits per heavy atom. The molecule has 2 aromatic carbocycles. The molecule has 0 saturated carbocycles. The highest BCUT2D eigenvalue weighted by Crippen LogP contribution is 2.42. The van der Waals surface area contributed by atoms with Crippen molar-refractivity contribution in [3.05, 3.63) is 59.9 Å². The van der Waals surface area contributed by atoms with Crippen LogP contribution in [0.25, 0.3) is 0 Å². The molecule has 1 aliphatic rings. The molecule has 0 saturated heterocycles. The van der Waals surface area contributed by atoms with Crippen molar-refractivity contribution >= 4 is 39.4 Å². The van der Waals surface area contributed by atoms with Gasteiger partial charge >= 0.3 is 0 Å². The Balaban J connectivity index is 2.03. The molecular formula is C15H14BrFN2S. The van der Waals surface area contributed by atoms with Crippen molar-refractivity contribution in [3.63, 3.8) is 0 Å². The van der Waals surface area contributed by atoms with E-state index in [0.29, 0.717) is 5.69 Å². The van der Waals surface area contributed by atoms with Gasteiger partial charge in [0.15, 0.2) is 0 Å². The highest BCUT2D eigenvalue weighted by atomic mass is 79.9. The smallest absolute Gasteiger partial charge is 0.147 e. The van der Waals surface area contributed by atoms with Crippen LogP contribution in [0.1, 0.15) is 5.56 Å². The third-order valence-corrected chi connectivity index (χ3v) is 4.61. The fourth-order valence-corrected chi connectivity index (χ4v) is 3.99. The van der Waals surface area contributed by atoms with Crippen molar-refractivity contribution in [2.45, 2.75) is 6.54 Å². The zero-order chi connectivity index (χ0) is 13.9. The summed E-state index contributed by atoms with van der Waals surface area (Å²) in [5, 5.41) is 0.896. The normalized spacial score (nSPS) is 15.2. The van der Waals surface area contributed by atoms with Gasteiger partial charge in [0, 0.05) is 30.6 Å². The number of anilines is 2. The van der Waals surface area contributed by atoms with Gasteiger partial charge in [-0.1, -0.05) is 46.3 Å². The minimum Gasteiger partial charge on any atom is -0.268 e. The van der Waals surface area contributed by atoms with Gasteiger partial charge in [-0.3, -0.25) is 4.31 Å². The Morgan fingerprint density at radius 1 is 1.05 bits per heavy atom. The zero-order valence-corrected chi connectivity index (χ0v) is 13.2. The first kappa shape index (κ1) is 13.9. The summed E-state index contributed by atoms with van der Waals surface area (Å²) in [4.78, 5) is 0. The van der Waals surface area contributed by atoms with E-state index in [1.165, 1.54) is 11.6 Å². The predicted molar refractivity (Wildman–Crippen MR) is 86.8 cm³/mol. The topological polar surface area (TPSA) is 6.48 Å². The number of benzene rings is 2. The van der Waals surface area contributed by atoms with Crippen LogP contribution in [0, 0.1) is 5.82 Å². The molecule has 3 rings (SSSR count). The summed E-state index contributed by atoms with van der Waals surface area (Å²) in [6, 6.07) is 15.1. The van der Waals surface area contributed by atoms with Crippen molar-refractivity contribution in [1.82, 2.24) is 4.31 Å². The first-order valence-corrected chi connectivity index (χ1v) is 8.26. The van der Waals surface area contributed by atoms with Crippen LogP contribution in [0.4, 0.5) is 15.8 Å². The fraction of sp³-hybridized carbons (Fsp3) is 0.200. The summed E-state index contributed by atoms with van der Waals surface area (Å²) in [7, 11) is 0. The maximum absolute atomic E-state index is 14.1. The van der Waals surface area contributed by atoms with E-state index < -0.39 is 0 Å². The van der Waals surface area contributed by atoms with Gasteiger partial charge in [-0.25, -0.2) is 8.70 Å². The SMILES string of the molecule is Fc1ccccc1N1SN(CCBr)Cc2ccccc21. The van der Waals surface area contributed by atoms with E-state index in [1.54, 1.807) is 18.2 Å². The average molecular weight is 353 g/mol. The van der Waals surface area contributed by atoms with Gasteiger partial charge in [0.1, 0.15) is 5.82 Å². The molecule has 0 fully saturated rings. The third kappa shape index (κ3) is 2.71. The molecule has 5 heteroatoms. The Labute approximate surface area is 131 Å². The predicted octanol–water partition coefficient (Wildman–Crippen LogP) is 4.74. The van der Waals surface area contributed by atoms with Gasteiger partial charge in [-0.15, -0.1) is 0 Å². The van der Waals surface area contributed by atoms with Crippen molar-refractivity contribution in [2.24, 2.45) is 0 Å². The van der Waals surface area contributed by atoms with E-state index in [0.717, 1.165) is 24.1 Å². The van der Waals surface area contributed by atoms with Crippen LogP contribution in [-0.2, 0) is 6.54 Å². The van der Waals surface area contributed by atoms with Gasteiger partial charge in [0.25, 0.3) is 0 Å². The molecule has 2 nitrogen and oxygen atoms in total. The highest BCUT2D eigenvalue weighted by molar-refractivity contribution is 9.09. The van der Waals surface area contributed by atoms with Crippen LogP contribution in [0.15, 0.2) is 48.5 Å². The maximum atomic E-state index is 14.1. The standard InChI is InChI=1S/C15H14BrFN2S/c16-9-10-18-11-12-5-1-3-7-14(12)19(20-18)15-8-4-2-6-13(15)17/h1-8H,9-11H2. The number of para-hydroxylation sites is 2. The monoisotopic (exact) mass is 352 g/mol. The molecule has 0 atom stereocenters. The number of hydrogen-bond acceptors (Lipinski definition) is 3. The Kier molecular flexibility index (Phi) is 4.29. The molecule has 0 radical (unpaired) electrons. The molecule has 0 unspecified atom stereocenters. The second-order valence-corrected chi connectivity index (χ2v) is 6.35. The van der Waals surface area contributed by atoms with Crippen molar-refractivity contribution in [2.75, 3.05) is 16.2 Å². The van der Waals surface area contributed by atoms with E-state index in [2.05, 4.69) is 26.3 Å². The summed E-state index contributed by atoms with van der Waals surface area (Å²) >= 11 is 5.03. The van der Waals surface area contributed by atoms with Gasteiger partial charge < -0.3 is 0 Å². The Bertz CT molecular complexity index is 608. The number of hydrogen-bond donors (Lipinski definition) is 0. The number of rotatable bonds is 3. The summed E-state index contributed by atoms with van der Waals surface area (Å²) in [6.45, 7) is 1.78. The fourth-order valence-electron chi connectivity index (χ4n) is 2.23. The largest absolute Gasteiger partial charge is 0.268 e. The quantitative estimate of drug-likeness (QED) is 0.582. The second-order valence-electron chi connectivity index (χ2n) is 4.51. The van der Waals surface area contributed by atoms with E-state index in [-0.39, 0.29) is 5.82 Å². The number of nitrogens with zero attached hydrogens (tertiary/aromatic N) is 2. The van der Waals surface area contributed by atoms with E-state index >= 15 is 0 Å². The van der Waals surface area contributed by atoms with Gasteiger partial charge in [-0.2, -0.15) is 0 Å². The van der Waals surface area contributed by atoms with Crippen LogP contribution in [-0.4, -0.2) is 16.2 Å². The minimum atomic E-state index is -0.199. The van der Waals surface area contributed by atoms with Gasteiger partial charge in [-0.05, 0) is 23.8 Å². The number of fused-ring (bicyclic) bond motifs is 1. The lowest BCUT2D eigenvalue weighted by Gasteiger charge is -2.36. The van der Waals surface area contributed by atoms with Crippen LogP contribution in [0.2, 0.25) is 0 Å². The van der Waals surface area contributed by atoms with Crippen LogP contribution in [0.5, 0.6) is 0 Å². The van der Waals surface area contributed by atoms with E-state index in [9.17, 15) is 4.39 Å².